The lowest BCUT2D eigenvalue weighted by atomic mass is 9.97. The maximum absolute atomic E-state index is 11.6. The van der Waals surface area contributed by atoms with Crippen LogP contribution in [0.1, 0.15) is 37.9 Å². The summed E-state index contributed by atoms with van der Waals surface area (Å²) in [6.45, 7) is 0.705. The molecule has 0 spiro atoms. The molecule has 1 aliphatic rings. The molecule has 102 valence electrons. The standard InChI is InChI=1S/C15H18BrNO2/c16-14-8-6-13(19-14)7-9-15(18)17-11-10-12-4-2-1-3-5-12/h4,6-9H,1-3,5,10-11H2,(H,17,18). The average molecular weight is 324 g/mol. The summed E-state index contributed by atoms with van der Waals surface area (Å²) in [6, 6.07) is 3.60. The maximum atomic E-state index is 11.6. The van der Waals surface area contributed by atoms with E-state index >= 15 is 0 Å². The van der Waals surface area contributed by atoms with Crippen LogP contribution in [0.3, 0.4) is 0 Å². The summed E-state index contributed by atoms with van der Waals surface area (Å²) < 4.78 is 5.94. The van der Waals surface area contributed by atoms with Gasteiger partial charge in [-0.25, -0.2) is 0 Å². The molecule has 0 unspecified atom stereocenters. The van der Waals surface area contributed by atoms with Gasteiger partial charge in [-0.2, -0.15) is 0 Å². The number of hydrogen-bond acceptors (Lipinski definition) is 2. The van der Waals surface area contributed by atoms with Crippen LogP contribution in [0.5, 0.6) is 0 Å². The lowest BCUT2D eigenvalue weighted by molar-refractivity contribution is -0.116. The first-order valence-corrected chi connectivity index (χ1v) is 7.42. The largest absolute Gasteiger partial charge is 0.450 e. The van der Waals surface area contributed by atoms with Crippen LogP contribution in [-0.4, -0.2) is 12.5 Å². The van der Waals surface area contributed by atoms with Crippen LogP contribution < -0.4 is 5.32 Å². The molecule has 0 saturated carbocycles. The molecule has 0 bridgehead atoms. The minimum atomic E-state index is -0.0797. The number of furan rings is 1. The fourth-order valence-electron chi connectivity index (χ4n) is 2.11. The molecule has 4 heteroatoms. The third kappa shape index (κ3) is 5.07. The van der Waals surface area contributed by atoms with Gasteiger partial charge >= 0.3 is 0 Å². The summed E-state index contributed by atoms with van der Waals surface area (Å²) in [5, 5.41) is 2.89. The van der Waals surface area contributed by atoms with Crippen molar-refractivity contribution >= 4 is 27.9 Å². The lowest BCUT2D eigenvalue weighted by Crippen LogP contribution is -2.22. The molecule has 1 aromatic heterocycles. The molecule has 0 fully saturated rings. The first kappa shape index (κ1) is 14.1. The van der Waals surface area contributed by atoms with Crippen LogP contribution >= 0.6 is 15.9 Å². The lowest BCUT2D eigenvalue weighted by Gasteiger charge is -2.12. The fraction of sp³-hybridized carbons (Fsp3) is 0.400. The third-order valence-electron chi connectivity index (χ3n) is 3.12. The zero-order valence-electron chi connectivity index (χ0n) is 10.8. The smallest absolute Gasteiger partial charge is 0.244 e. The number of carbonyl (C=O) groups is 1. The molecule has 1 aliphatic carbocycles. The Bertz CT molecular complexity index is 488. The van der Waals surface area contributed by atoms with Crippen molar-refractivity contribution in [1.29, 1.82) is 0 Å². The second-order valence-electron chi connectivity index (χ2n) is 4.62. The molecule has 2 rings (SSSR count). The summed E-state index contributed by atoms with van der Waals surface area (Å²) in [5.74, 6) is 0.584. The van der Waals surface area contributed by atoms with Gasteiger partial charge in [0, 0.05) is 12.6 Å². The van der Waals surface area contributed by atoms with Crippen LogP contribution in [0.2, 0.25) is 0 Å². The van der Waals surface area contributed by atoms with E-state index in [-0.39, 0.29) is 5.91 Å². The Morgan fingerprint density at radius 2 is 2.32 bits per heavy atom. The van der Waals surface area contributed by atoms with Crippen molar-refractivity contribution < 1.29 is 9.21 Å². The van der Waals surface area contributed by atoms with Gasteiger partial charge in [0.25, 0.3) is 0 Å². The van der Waals surface area contributed by atoms with E-state index < -0.39 is 0 Å². The molecule has 0 aromatic carbocycles. The molecule has 1 heterocycles. The van der Waals surface area contributed by atoms with E-state index in [1.54, 1.807) is 18.2 Å². The van der Waals surface area contributed by atoms with E-state index in [9.17, 15) is 4.79 Å². The van der Waals surface area contributed by atoms with E-state index in [0.717, 1.165) is 6.42 Å². The number of hydrogen-bond donors (Lipinski definition) is 1. The molecule has 0 radical (unpaired) electrons. The number of carbonyl (C=O) groups excluding carboxylic acids is 1. The second-order valence-corrected chi connectivity index (χ2v) is 5.41. The minimum absolute atomic E-state index is 0.0797. The monoisotopic (exact) mass is 323 g/mol. The van der Waals surface area contributed by atoms with Crippen LogP contribution in [-0.2, 0) is 4.79 Å². The summed E-state index contributed by atoms with van der Waals surface area (Å²) in [5.41, 5.74) is 1.48. The number of halogens is 1. The first-order valence-electron chi connectivity index (χ1n) is 6.63. The molecule has 1 N–H and O–H groups in total. The Kier molecular flexibility index (Phi) is 5.45. The number of amides is 1. The highest BCUT2D eigenvalue weighted by Gasteiger charge is 2.04. The van der Waals surface area contributed by atoms with E-state index in [1.807, 2.05) is 0 Å². The van der Waals surface area contributed by atoms with E-state index in [4.69, 9.17) is 4.42 Å². The Morgan fingerprint density at radius 1 is 1.42 bits per heavy atom. The van der Waals surface area contributed by atoms with Gasteiger partial charge < -0.3 is 9.73 Å². The Labute approximate surface area is 121 Å². The molecule has 1 aromatic rings. The van der Waals surface area contributed by atoms with E-state index in [2.05, 4.69) is 27.3 Å². The van der Waals surface area contributed by atoms with Gasteiger partial charge in [0.2, 0.25) is 5.91 Å². The van der Waals surface area contributed by atoms with Crippen LogP contribution in [0, 0.1) is 0 Å². The first-order chi connectivity index (χ1) is 9.24. The van der Waals surface area contributed by atoms with Crippen molar-refractivity contribution in [2.45, 2.75) is 32.1 Å². The molecule has 1 amide bonds. The predicted octanol–water partition coefficient (Wildman–Crippen LogP) is 4.06. The summed E-state index contributed by atoms with van der Waals surface area (Å²) in [7, 11) is 0. The van der Waals surface area contributed by atoms with Crippen molar-refractivity contribution in [3.8, 4) is 0 Å². The van der Waals surface area contributed by atoms with Crippen molar-refractivity contribution in [2.75, 3.05) is 6.54 Å². The SMILES string of the molecule is O=C(C=Cc1ccc(Br)o1)NCCC1=CCCCC1. The topological polar surface area (TPSA) is 42.2 Å². The van der Waals surface area contributed by atoms with Crippen molar-refractivity contribution in [1.82, 2.24) is 5.32 Å². The molecule has 3 nitrogen and oxygen atoms in total. The molecule has 0 aliphatic heterocycles. The van der Waals surface area contributed by atoms with Gasteiger partial charge in [-0.1, -0.05) is 11.6 Å². The van der Waals surface area contributed by atoms with Crippen molar-refractivity contribution in [2.24, 2.45) is 0 Å². The van der Waals surface area contributed by atoms with Crippen molar-refractivity contribution in [3.05, 3.63) is 40.3 Å². The van der Waals surface area contributed by atoms with E-state index in [1.165, 1.54) is 37.3 Å². The second kappa shape index (κ2) is 7.34. The molecular formula is C15H18BrNO2. The molecular weight excluding hydrogens is 306 g/mol. The van der Waals surface area contributed by atoms with E-state index in [0.29, 0.717) is 17.0 Å². The Balaban J connectivity index is 1.69. The molecule has 0 saturated heterocycles. The van der Waals surface area contributed by atoms with Gasteiger partial charge in [-0.15, -0.1) is 0 Å². The maximum Gasteiger partial charge on any atom is 0.244 e. The van der Waals surface area contributed by atoms with Gasteiger partial charge in [-0.05, 0) is 66.2 Å². The van der Waals surface area contributed by atoms with Gasteiger partial charge in [-0.3, -0.25) is 4.79 Å². The molecule has 0 atom stereocenters. The Hall–Kier alpha value is -1.29. The van der Waals surface area contributed by atoms with Crippen LogP contribution in [0.25, 0.3) is 6.08 Å². The zero-order valence-corrected chi connectivity index (χ0v) is 12.4. The highest BCUT2D eigenvalue weighted by molar-refractivity contribution is 9.10. The summed E-state index contributed by atoms with van der Waals surface area (Å²) in [6.07, 6.45) is 11.4. The normalized spacial score (nSPS) is 15.5. The quantitative estimate of drug-likeness (QED) is 0.655. The summed E-state index contributed by atoms with van der Waals surface area (Å²) >= 11 is 3.22. The van der Waals surface area contributed by atoms with Gasteiger partial charge in [0.1, 0.15) is 5.76 Å². The number of rotatable bonds is 5. The molecule has 19 heavy (non-hydrogen) atoms. The fourth-order valence-corrected chi connectivity index (χ4v) is 2.43. The number of nitrogens with one attached hydrogen (secondary N) is 1. The highest BCUT2D eigenvalue weighted by atomic mass is 79.9. The van der Waals surface area contributed by atoms with Crippen LogP contribution in [0.15, 0.2) is 38.9 Å². The average Bonchev–Trinajstić information content (AvgIpc) is 2.83. The van der Waals surface area contributed by atoms with Crippen molar-refractivity contribution in [3.63, 3.8) is 0 Å². The third-order valence-corrected chi connectivity index (χ3v) is 3.55. The van der Waals surface area contributed by atoms with Gasteiger partial charge in [0.05, 0.1) is 0 Å². The Morgan fingerprint density at radius 3 is 3.00 bits per heavy atom. The van der Waals surface area contributed by atoms with Gasteiger partial charge in [0.15, 0.2) is 4.67 Å². The zero-order chi connectivity index (χ0) is 13.5. The predicted molar refractivity (Wildman–Crippen MR) is 79.6 cm³/mol. The minimum Gasteiger partial charge on any atom is -0.450 e. The number of allylic oxidation sites excluding steroid dienone is 1. The highest BCUT2D eigenvalue weighted by Crippen LogP contribution is 2.19. The summed E-state index contributed by atoms with van der Waals surface area (Å²) in [4.78, 5) is 11.6. The van der Waals surface area contributed by atoms with Crippen LogP contribution in [0.4, 0.5) is 0 Å².